The Hall–Kier alpha value is -1.92. The van der Waals surface area contributed by atoms with Crippen molar-refractivity contribution in [2.75, 3.05) is 26.4 Å². The van der Waals surface area contributed by atoms with Gasteiger partial charge in [-0.3, -0.25) is 0 Å². The van der Waals surface area contributed by atoms with Crippen LogP contribution in [0.25, 0.3) is 0 Å². The van der Waals surface area contributed by atoms with Crippen molar-refractivity contribution in [1.82, 2.24) is 0 Å². The molecule has 1 aromatic rings. The van der Waals surface area contributed by atoms with Crippen LogP contribution in [0.15, 0.2) is 24.3 Å². The van der Waals surface area contributed by atoms with E-state index in [1.165, 1.54) is 12.1 Å². The number of carbonyl (C=O) groups excluding carboxylic acids is 1. The summed E-state index contributed by atoms with van der Waals surface area (Å²) >= 11 is 0. The molecule has 1 aromatic carbocycles. The topological polar surface area (TPSA) is 82.1 Å². The summed E-state index contributed by atoms with van der Waals surface area (Å²) in [5, 5.41) is 9.34. The number of benzene rings is 1. The second-order valence-electron chi connectivity index (χ2n) is 7.50. The van der Waals surface area contributed by atoms with Gasteiger partial charge in [-0.05, 0) is 31.4 Å². The molecule has 0 bridgehead atoms. The molecule has 2 aliphatic heterocycles. The zero-order chi connectivity index (χ0) is 18.8. The Bertz CT molecular complexity index is 664. The highest BCUT2D eigenvalue weighted by Crippen LogP contribution is 2.45. The lowest BCUT2D eigenvalue weighted by atomic mass is 9.68. The summed E-state index contributed by atoms with van der Waals surface area (Å²) < 4.78 is 16.8. The number of carbonyl (C=O) groups is 2. The number of hydrogen-bond donors (Lipinski definition) is 1. The molecular formula is C20H26O6. The van der Waals surface area contributed by atoms with E-state index in [9.17, 15) is 14.7 Å². The maximum Gasteiger partial charge on any atom is 0.339 e. The maximum atomic E-state index is 12.8. The molecule has 0 aliphatic carbocycles. The van der Waals surface area contributed by atoms with Crippen LogP contribution in [0.5, 0.6) is 0 Å². The number of aromatic carboxylic acids is 1. The van der Waals surface area contributed by atoms with Crippen LogP contribution in [0.3, 0.4) is 0 Å². The third-order valence-electron chi connectivity index (χ3n) is 5.98. The molecule has 1 unspecified atom stereocenters. The van der Waals surface area contributed by atoms with Crippen LogP contribution in [0.4, 0.5) is 0 Å². The van der Waals surface area contributed by atoms with Gasteiger partial charge in [-0.1, -0.05) is 26.0 Å². The maximum absolute atomic E-state index is 12.8. The van der Waals surface area contributed by atoms with Gasteiger partial charge in [-0.25, -0.2) is 9.59 Å². The van der Waals surface area contributed by atoms with Gasteiger partial charge in [0.1, 0.15) is 6.10 Å². The van der Waals surface area contributed by atoms with E-state index in [4.69, 9.17) is 14.2 Å². The largest absolute Gasteiger partial charge is 0.478 e. The average molecular weight is 362 g/mol. The van der Waals surface area contributed by atoms with Crippen molar-refractivity contribution in [3.05, 3.63) is 35.4 Å². The lowest BCUT2D eigenvalue weighted by molar-refractivity contribution is -0.204. The molecule has 26 heavy (non-hydrogen) atoms. The standard InChI is InChI=1S/C20H26O6/c1-3-19(10-24-11-19)9-16(20(4-2)12-25-13-20)26-18(23)15-8-6-5-7-14(15)17(21)22/h5-8,16H,3-4,9-13H2,1-2H3,(H,21,22). The van der Waals surface area contributed by atoms with Crippen molar-refractivity contribution in [3.63, 3.8) is 0 Å². The van der Waals surface area contributed by atoms with E-state index >= 15 is 0 Å². The number of carboxylic acid groups (broad SMARTS) is 1. The normalized spacial score (nSPS) is 21.2. The SMILES string of the molecule is CCC1(CC(OC(=O)c2ccccc2C(=O)O)C2(CC)COC2)COC1. The van der Waals surface area contributed by atoms with Crippen LogP contribution in [0.1, 0.15) is 53.8 Å². The van der Waals surface area contributed by atoms with Crippen molar-refractivity contribution in [2.45, 2.75) is 39.2 Å². The summed E-state index contributed by atoms with van der Waals surface area (Å²) in [6.45, 7) is 6.65. The number of carboxylic acids is 1. The minimum atomic E-state index is -1.14. The number of rotatable bonds is 8. The highest BCUT2D eigenvalue weighted by molar-refractivity contribution is 6.02. The van der Waals surface area contributed by atoms with Gasteiger partial charge in [0.25, 0.3) is 0 Å². The van der Waals surface area contributed by atoms with Crippen molar-refractivity contribution in [3.8, 4) is 0 Å². The predicted octanol–water partition coefficient (Wildman–Crippen LogP) is 3.15. The minimum absolute atomic E-state index is 0.0228. The molecule has 6 heteroatoms. The summed E-state index contributed by atoms with van der Waals surface area (Å²) in [5.41, 5.74) is -0.128. The third-order valence-corrected chi connectivity index (χ3v) is 5.98. The number of ether oxygens (including phenoxy) is 3. The minimum Gasteiger partial charge on any atom is -0.478 e. The van der Waals surface area contributed by atoms with Gasteiger partial charge in [0, 0.05) is 5.41 Å². The van der Waals surface area contributed by atoms with E-state index in [2.05, 4.69) is 13.8 Å². The van der Waals surface area contributed by atoms with Gasteiger partial charge < -0.3 is 19.3 Å². The first kappa shape index (κ1) is 18.9. The fourth-order valence-corrected chi connectivity index (χ4v) is 3.66. The van der Waals surface area contributed by atoms with Crippen LogP contribution < -0.4 is 0 Å². The molecule has 6 nitrogen and oxygen atoms in total. The van der Waals surface area contributed by atoms with E-state index < -0.39 is 11.9 Å². The van der Waals surface area contributed by atoms with Gasteiger partial charge >= 0.3 is 11.9 Å². The molecule has 2 fully saturated rings. The number of hydrogen-bond acceptors (Lipinski definition) is 5. The molecule has 3 rings (SSSR count). The smallest absolute Gasteiger partial charge is 0.339 e. The fraction of sp³-hybridized carbons (Fsp3) is 0.600. The summed E-state index contributed by atoms with van der Waals surface area (Å²) in [4.78, 5) is 24.2. The second-order valence-corrected chi connectivity index (χ2v) is 7.50. The molecule has 1 N–H and O–H groups in total. The van der Waals surface area contributed by atoms with Crippen molar-refractivity contribution in [1.29, 1.82) is 0 Å². The Morgan fingerprint density at radius 3 is 2.12 bits per heavy atom. The summed E-state index contributed by atoms with van der Waals surface area (Å²) in [5.74, 6) is -1.72. The molecule has 2 aliphatic rings. The van der Waals surface area contributed by atoms with Crippen molar-refractivity contribution < 1.29 is 28.9 Å². The van der Waals surface area contributed by atoms with Crippen LogP contribution >= 0.6 is 0 Å². The molecule has 0 spiro atoms. The monoisotopic (exact) mass is 362 g/mol. The van der Waals surface area contributed by atoms with E-state index in [0.29, 0.717) is 32.8 Å². The lowest BCUT2D eigenvalue weighted by Gasteiger charge is -2.50. The molecule has 0 amide bonds. The molecular weight excluding hydrogens is 336 g/mol. The van der Waals surface area contributed by atoms with E-state index in [-0.39, 0.29) is 28.1 Å². The van der Waals surface area contributed by atoms with Gasteiger partial charge in [0.05, 0.1) is 43.0 Å². The van der Waals surface area contributed by atoms with E-state index in [1.807, 2.05) is 0 Å². The zero-order valence-corrected chi connectivity index (χ0v) is 15.3. The Kier molecular flexibility index (Phi) is 5.34. The Morgan fingerprint density at radius 1 is 1.08 bits per heavy atom. The molecule has 2 saturated heterocycles. The van der Waals surface area contributed by atoms with Crippen LogP contribution in [-0.4, -0.2) is 49.6 Å². The lowest BCUT2D eigenvalue weighted by Crippen LogP contribution is -2.56. The molecule has 0 aromatic heterocycles. The summed E-state index contributed by atoms with van der Waals surface area (Å²) in [7, 11) is 0. The first-order valence-corrected chi connectivity index (χ1v) is 9.14. The summed E-state index contributed by atoms with van der Waals surface area (Å²) in [6, 6.07) is 6.17. The Balaban J connectivity index is 1.84. The zero-order valence-electron chi connectivity index (χ0n) is 15.3. The molecule has 2 heterocycles. The van der Waals surface area contributed by atoms with Gasteiger partial charge in [0.2, 0.25) is 0 Å². The Labute approximate surface area is 153 Å². The van der Waals surface area contributed by atoms with Gasteiger partial charge in [-0.2, -0.15) is 0 Å². The third kappa shape index (κ3) is 3.35. The molecule has 0 saturated carbocycles. The van der Waals surface area contributed by atoms with E-state index in [1.54, 1.807) is 12.1 Å². The average Bonchev–Trinajstić information content (AvgIpc) is 2.57. The Morgan fingerprint density at radius 2 is 1.69 bits per heavy atom. The molecule has 1 atom stereocenters. The highest BCUT2D eigenvalue weighted by Gasteiger charge is 2.51. The van der Waals surface area contributed by atoms with Gasteiger partial charge in [-0.15, -0.1) is 0 Å². The van der Waals surface area contributed by atoms with Crippen LogP contribution in [-0.2, 0) is 14.2 Å². The highest BCUT2D eigenvalue weighted by atomic mass is 16.6. The molecule has 0 radical (unpaired) electrons. The van der Waals surface area contributed by atoms with Crippen molar-refractivity contribution in [2.24, 2.45) is 10.8 Å². The van der Waals surface area contributed by atoms with Gasteiger partial charge in [0.15, 0.2) is 0 Å². The molecule has 142 valence electrons. The first-order chi connectivity index (χ1) is 12.5. The first-order valence-electron chi connectivity index (χ1n) is 9.14. The van der Waals surface area contributed by atoms with Crippen LogP contribution in [0.2, 0.25) is 0 Å². The fourth-order valence-electron chi connectivity index (χ4n) is 3.66. The number of esters is 1. The second kappa shape index (κ2) is 7.37. The quantitative estimate of drug-likeness (QED) is 0.716. The van der Waals surface area contributed by atoms with Crippen molar-refractivity contribution >= 4 is 11.9 Å². The van der Waals surface area contributed by atoms with E-state index in [0.717, 1.165) is 12.8 Å². The summed E-state index contributed by atoms with van der Waals surface area (Å²) in [6.07, 6.45) is 2.18. The predicted molar refractivity (Wildman–Crippen MR) is 94.3 cm³/mol. The van der Waals surface area contributed by atoms with Crippen LogP contribution in [0, 0.1) is 10.8 Å².